The topological polar surface area (TPSA) is 59.4 Å². The summed E-state index contributed by atoms with van der Waals surface area (Å²) in [6.45, 7) is 1.65. The van der Waals surface area contributed by atoms with Crippen LogP contribution in [-0.4, -0.2) is 22.7 Å². The minimum absolute atomic E-state index is 0.0804. The Labute approximate surface area is 98.4 Å². The molecule has 0 saturated carbocycles. The van der Waals surface area contributed by atoms with Gasteiger partial charge in [0.25, 0.3) is 6.43 Å². The van der Waals surface area contributed by atoms with Crippen LogP contribution in [0.15, 0.2) is 10.7 Å². The standard InChI is InChI=1S/C9H8BrF2NO3/c1-2-16-9(15)5-4(10)3-13-6(7(5)14)8(11)12/h3,8,14H,2H2,1H3. The first-order valence-corrected chi connectivity index (χ1v) is 5.11. The number of aromatic hydroxyl groups is 1. The molecule has 0 aliphatic rings. The Balaban J connectivity index is 3.26. The third-order valence-corrected chi connectivity index (χ3v) is 2.32. The highest BCUT2D eigenvalue weighted by atomic mass is 79.9. The van der Waals surface area contributed by atoms with E-state index in [0.717, 1.165) is 6.20 Å². The summed E-state index contributed by atoms with van der Waals surface area (Å²) < 4.78 is 29.5. The third-order valence-electron chi connectivity index (χ3n) is 1.72. The first-order chi connectivity index (χ1) is 7.49. The fourth-order valence-corrected chi connectivity index (χ4v) is 1.50. The third kappa shape index (κ3) is 2.46. The van der Waals surface area contributed by atoms with Crippen LogP contribution in [-0.2, 0) is 4.74 Å². The van der Waals surface area contributed by atoms with Crippen molar-refractivity contribution >= 4 is 21.9 Å². The molecule has 0 radical (unpaired) electrons. The summed E-state index contributed by atoms with van der Waals surface area (Å²) in [6, 6.07) is 0. The lowest BCUT2D eigenvalue weighted by Gasteiger charge is -2.09. The van der Waals surface area contributed by atoms with Crippen molar-refractivity contribution in [1.82, 2.24) is 4.98 Å². The fraction of sp³-hybridized carbons (Fsp3) is 0.333. The summed E-state index contributed by atoms with van der Waals surface area (Å²) in [4.78, 5) is 14.7. The maximum Gasteiger partial charge on any atom is 0.343 e. The van der Waals surface area contributed by atoms with Crippen LogP contribution in [0.4, 0.5) is 8.78 Å². The number of ether oxygens (including phenoxy) is 1. The van der Waals surface area contributed by atoms with Crippen molar-refractivity contribution < 1.29 is 23.4 Å². The molecule has 1 N–H and O–H groups in total. The predicted molar refractivity (Wildman–Crippen MR) is 54.5 cm³/mol. The van der Waals surface area contributed by atoms with Crippen LogP contribution in [0.1, 0.15) is 29.4 Å². The Hall–Kier alpha value is -1.24. The van der Waals surface area contributed by atoms with E-state index in [1.807, 2.05) is 0 Å². The molecule has 16 heavy (non-hydrogen) atoms. The highest BCUT2D eigenvalue weighted by Crippen LogP contribution is 2.33. The maximum absolute atomic E-state index is 12.4. The molecule has 0 spiro atoms. The molecule has 1 aromatic heterocycles. The largest absolute Gasteiger partial charge is 0.505 e. The number of aromatic nitrogens is 1. The predicted octanol–water partition coefficient (Wildman–Crippen LogP) is 2.66. The van der Waals surface area contributed by atoms with E-state index in [1.165, 1.54) is 0 Å². The summed E-state index contributed by atoms with van der Waals surface area (Å²) in [5, 5.41) is 9.46. The molecule has 1 heterocycles. The lowest BCUT2D eigenvalue weighted by Crippen LogP contribution is -2.08. The van der Waals surface area contributed by atoms with Gasteiger partial charge in [-0.2, -0.15) is 0 Å². The van der Waals surface area contributed by atoms with Gasteiger partial charge in [-0.1, -0.05) is 0 Å². The minimum atomic E-state index is -2.96. The second kappa shape index (κ2) is 5.20. The molecule has 0 aliphatic carbocycles. The quantitative estimate of drug-likeness (QED) is 0.871. The van der Waals surface area contributed by atoms with Crippen molar-refractivity contribution in [3.05, 3.63) is 21.9 Å². The van der Waals surface area contributed by atoms with Crippen molar-refractivity contribution in [2.45, 2.75) is 13.3 Å². The van der Waals surface area contributed by atoms with Gasteiger partial charge in [0.1, 0.15) is 11.3 Å². The molecule has 0 bridgehead atoms. The van der Waals surface area contributed by atoms with Crippen LogP contribution in [0.3, 0.4) is 0 Å². The zero-order chi connectivity index (χ0) is 12.3. The molecule has 1 rings (SSSR count). The van der Waals surface area contributed by atoms with E-state index in [4.69, 9.17) is 0 Å². The first-order valence-electron chi connectivity index (χ1n) is 4.31. The van der Waals surface area contributed by atoms with E-state index >= 15 is 0 Å². The first kappa shape index (κ1) is 12.8. The lowest BCUT2D eigenvalue weighted by molar-refractivity contribution is 0.0520. The smallest absolute Gasteiger partial charge is 0.343 e. The highest BCUT2D eigenvalue weighted by molar-refractivity contribution is 9.10. The molecule has 0 amide bonds. The van der Waals surface area contributed by atoms with Crippen LogP contribution < -0.4 is 0 Å². The second-order valence-corrected chi connectivity index (χ2v) is 3.59. The van der Waals surface area contributed by atoms with Gasteiger partial charge in [-0.25, -0.2) is 13.6 Å². The van der Waals surface area contributed by atoms with Gasteiger partial charge in [-0.15, -0.1) is 0 Å². The molecule has 0 fully saturated rings. The highest BCUT2D eigenvalue weighted by Gasteiger charge is 2.24. The number of rotatable bonds is 3. The molecule has 7 heteroatoms. The summed E-state index contributed by atoms with van der Waals surface area (Å²) >= 11 is 2.93. The van der Waals surface area contributed by atoms with Crippen molar-refractivity contribution in [2.75, 3.05) is 6.61 Å². The number of alkyl halides is 2. The maximum atomic E-state index is 12.4. The van der Waals surface area contributed by atoms with Crippen LogP contribution in [0.5, 0.6) is 5.75 Å². The summed E-state index contributed by atoms with van der Waals surface area (Å²) in [5.41, 5.74) is -1.18. The Kier molecular flexibility index (Phi) is 4.17. The monoisotopic (exact) mass is 295 g/mol. The van der Waals surface area contributed by atoms with Crippen LogP contribution >= 0.6 is 15.9 Å². The second-order valence-electron chi connectivity index (χ2n) is 2.74. The minimum Gasteiger partial charge on any atom is -0.505 e. The molecular weight excluding hydrogens is 288 g/mol. The average Bonchev–Trinajstić information content (AvgIpc) is 2.17. The van der Waals surface area contributed by atoms with Crippen molar-refractivity contribution in [2.24, 2.45) is 0 Å². The molecule has 0 saturated heterocycles. The Morgan fingerprint density at radius 1 is 1.69 bits per heavy atom. The number of halogens is 3. The summed E-state index contributed by atoms with van der Waals surface area (Å²) in [6.07, 6.45) is -1.94. The Morgan fingerprint density at radius 3 is 2.81 bits per heavy atom. The van der Waals surface area contributed by atoms with E-state index in [2.05, 4.69) is 25.7 Å². The van der Waals surface area contributed by atoms with E-state index in [1.54, 1.807) is 6.92 Å². The van der Waals surface area contributed by atoms with Gasteiger partial charge in [0.15, 0.2) is 5.75 Å². The van der Waals surface area contributed by atoms with Gasteiger partial charge in [-0.05, 0) is 22.9 Å². The van der Waals surface area contributed by atoms with Crippen molar-refractivity contribution in [3.8, 4) is 5.75 Å². The van der Waals surface area contributed by atoms with E-state index in [-0.39, 0.29) is 16.6 Å². The zero-order valence-electron chi connectivity index (χ0n) is 8.21. The van der Waals surface area contributed by atoms with E-state index in [9.17, 15) is 18.7 Å². The van der Waals surface area contributed by atoms with Crippen molar-refractivity contribution in [1.29, 1.82) is 0 Å². The van der Waals surface area contributed by atoms with Crippen molar-refractivity contribution in [3.63, 3.8) is 0 Å². The van der Waals surface area contributed by atoms with Gasteiger partial charge in [-0.3, -0.25) is 4.98 Å². The average molecular weight is 296 g/mol. The van der Waals surface area contributed by atoms with Gasteiger partial charge in [0.05, 0.1) is 11.1 Å². The molecule has 88 valence electrons. The molecule has 4 nitrogen and oxygen atoms in total. The van der Waals surface area contributed by atoms with Crippen LogP contribution in [0, 0.1) is 0 Å². The molecule has 0 aliphatic heterocycles. The molecule has 0 atom stereocenters. The van der Waals surface area contributed by atoms with Crippen LogP contribution in [0.2, 0.25) is 0 Å². The number of carbonyl (C=O) groups excluding carboxylic acids is 1. The van der Waals surface area contributed by atoms with Gasteiger partial charge >= 0.3 is 5.97 Å². The molecule has 0 unspecified atom stereocenters. The Bertz CT molecular complexity index is 412. The number of hydrogen-bond donors (Lipinski definition) is 1. The molecule has 1 aromatic rings. The fourth-order valence-electron chi connectivity index (χ4n) is 1.05. The summed E-state index contributed by atoms with van der Waals surface area (Å²) in [5.74, 6) is -1.74. The number of carbonyl (C=O) groups is 1. The number of hydrogen-bond acceptors (Lipinski definition) is 4. The van der Waals surface area contributed by atoms with Gasteiger partial charge in [0.2, 0.25) is 0 Å². The summed E-state index contributed by atoms with van der Waals surface area (Å²) in [7, 11) is 0. The zero-order valence-corrected chi connectivity index (χ0v) is 9.79. The van der Waals surface area contributed by atoms with E-state index in [0.29, 0.717) is 0 Å². The lowest BCUT2D eigenvalue weighted by atomic mass is 10.2. The molecule has 0 aromatic carbocycles. The Morgan fingerprint density at radius 2 is 2.31 bits per heavy atom. The molecular formula is C9H8BrF2NO3. The number of nitrogens with zero attached hydrogens (tertiary/aromatic N) is 1. The number of pyridine rings is 1. The SMILES string of the molecule is CCOC(=O)c1c(Br)cnc(C(F)F)c1O. The van der Waals surface area contributed by atoms with Crippen LogP contribution in [0.25, 0.3) is 0 Å². The van der Waals surface area contributed by atoms with Gasteiger partial charge in [0, 0.05) is 6.20 Å². The number of esters is 1. The normalized spacial score (nSPS) is 10.6. The van der Waals surface area contributed by atoms with Gasteiger partial charge < -0.3 is 9.84 Å². The van der Waals surface area contributed by atoms with E-state index < -0.39 is 23.8 Å².